The standard InChI is InChI=1S/C13H24N2O3S/c1-2-3-8-15(11-6-9-19(17,18)10-11)13(16)12-5-4-7-14-12/h11-12,14H,2-10H2,1H3/t11?,12-/m1/s1. The summed E-state index contributed by atoms with van der Waals surface area (Å²) in [5, 5.41) is 3.22. The highest BCUT2D eigenvalue weighted by atomic mass is 32.2. The first kappa shape index (κ1) is 14.8. The average Bonchev–Trinajstić information content (AvgIpc) is 2.99. The zero-order chi connectivity index (χ0) is 13.9. The normalized spacial score (nSPS) is 29.5. The van der Waals surface area contributed by atoms with Crippen LogP contribution in [0.15, 0.2) is 0 Å². The molecule has 0 aromatic heterocycles. The van der Waals surface area contributed by atoms with E-state index in [4.69, 9.17) is 0 Å². The van der Waals surface area contributed by atoms with Crippen LogP contribution in [0.2, 0.25) is 0 Å². The molecule has 2 heterocycles. The number of sulfone groups is 1. The van der Waals surface area contributed by atoms with E-state index in [9.17, 15) is 13.2 Å². The van der Waals surface area contributed by atoms with E-state index in [0.29, 0.717) is 13.0 Å². The minimum absolute atomic E-state index is 0.0971. The van der Waals surface area contributed by atoms with Gasteiger partial charge in [0.05, 0.1) is 17.5 Å². The third kappa shape index (κ3) is 3.69. The number of unbranched alkanes of at least 4 members (excludes halogenated alkanes) is 1. The molecule has 0 aromatic rings. The Labute approximate surface area is 115 Å². The lowest BCUT2D eigenvalue weighted by molar-refractivity contribution is -0.135. The van der Waals surface area contributed by atoms with Gasteiger partial charge in [-0.05, 0) is 32.2 Å². The summed E-state index contributed by atoms with van der Waals surface area (Å²) >= 11 is 0. The van der Waals surface area contributed by atoms with Crippen LogP contribution in [-0.4, -0.2) is 55.9 Å². The maximum Gasteiger partial charge on any atom is 0.239 e. The molecule has 1 unspecified atom stereocenters. The SMILES string of the molecule is CCCCN(C(=O)[C@H]1CCCN1)C1CCS(=O)(=O)C1. The maximum atomic E-state index is 12.5. The fraction of sp³-hybridized carbons (Fsp3) is 0.923. The molecular formula is C13H24N2O3S. The molecule has 2 atom stereocenters. The number of nitrogens with zero attached hydrogens (tertiary/aromatic N) is 1. The van der Waals surface area contributed by atoms with Crippen molar-refractivity contribution in [2.45, 2.75) is 51.1 Å². The molecule has 2 aliphatic heterocycles. The van der Waals surface area contributed by atoms with Gasteiger partial charge in [0, 0.05) is 12.6 Å². The van der Waals surface area contributed by atoms with Gasteiger partial charge in [0.15, 0.2) is 9.84 Å². The van der Waals surface area contributed by atoms with Crippen molar-refractivity contribution in [3.63, 3.8) is 0 Å². The molecule has 1 amide bonds. The molecule has 2 aliphatic rings. The Morgan fingerprint density at radius 3 is 2.68 bits per heavy atom. The maximum absolute atomic E-state index is 12.5. The Kier molecular flexibility index (Phi) is 4.84. The molecule has 2 fully saturated rings. The summed E-state index contributed by atoms with van der Waals surface area (Å²) in [6.45, 7) is 3.66. The lowest BCUT2D eigenvalue weighted by atomic mass is 10.1. The van der Waals surface area contributed by atoms with E-state index in [-0.39, 0.29) is 29.5 Å². The zero-order valence-electron chi connectivity index (χ0n) is 11.6. The van der Waals surface area contributed by atoms with Gasteiger partial charge in [-0.1, -0.05) is 13.3 Å². The fourth-order valence-corrected chi connectivity index (χ4v) is 4.65. The first-order valence-corrected chi connectivity index (χ1v) is 9.10. The van der Waals surface area contributed by atoms with Gasteiger partial charge in [0.2, 0.25) is 5.91 Å². The number of hydrogen-bond acceptors (Lipinski definition) is 4. The zero-order valence-corrected chi connectivity index (χ0v) is 12.4. The van der Waals surface area contributed by atoms with Gasteiger partial charge in [-0.2, -0.15) is 0 Å². The van der Waals surface area contributed by atoms with Crippen LogP contribution in [0.5, 0.6) is 0 Å². The van der Waals surface area contributed by atoms with Crippen molar-refractivity contribution in [3.05, 3.63) is 0 Å². The summed E-state index contributed by atoms with van der Waals surface area (Å²) in [7, 11) is -2.94. The summed E-state index contributed by atoms with van der Waals surface area (Å²) < 4.78 is 23.2. The lowest BCUT2D eigenvalue weighted by Crippen LogP contribution is -2.49. The first-order valence-electron chi connectivity index (χ1n) is 7.28. The second-order valence-electron chi connectivity index (χ2n) is 5.59. The number of hydrogen-bond donors (Lipinski definition) is 1. The van der Waals surface area contributed by atoms with Crippen molar-refractivity contribution in [2.24, 2.45) is 0 Å². The Morgan fingerprint density at radius 1 is 1.37 bits per heavy atom. The highest BCUT2D eigenvalue weighted by Gasteiger charge is 2.37. The molecule has 6 heteroatoms. The molecule has 2 rings (SSSR count). The highest BCUT2D eigenvalue weighted by molar-refractivity contribution is 7.91. The summed E-state index contributed by atoms with van der Waals surface area (Å²) in [6, 6.07) is -0.202. The Hall–Kier alpha value is -0.620. The fourth-order valence-electron chi connectivity index (χ4n) is 2.92. The van der Waals surface area contributed by atoms with E-state index in [1.165, 1.54) is 0 Å². The Balaban J connectivity index is 2.04. The molecule has 19 heavy (non-hydrogen) atoms. The van der Waals surface area contributed by atoms with Crippen LogP contribution in [0.1, 0.15) is 39.0 Å². The third-order valence-electron chi connectivity index (χ3n) is 4.04. The number of nitrogens with one attached hydrogen (secondary N) is 1. The van der Waals surface area contributed by atoms with Crippen molar-refractivity contribution in [1.82, 2.24) is 10.2 Å². The molecule has 0 saturated carbocycles. The first-order chi connectivity index (χ1) is 9.03. The van der Waals surface area contributed by atoms with Gasteiger partial charge in [-0.25, -0.2) is 8.42 Å². The number of rotatable bonds is 5. The molecule has 0 bridgehead atoms. The molecule has 0 radical (unpaired) electrons. The monoisotopic (exact) mass is 288 g/mol. The van der Waals surface area contributed by atoms with Gasteiger partial charge in [0.25, 0.3) is 0 Å². The summed E-state index contributed by atoms with van der Waals surface area (Å²) in [5.74, 6) is 0.481. The van der Waals surface area contributed by atoms with Gasteiger partial charge < -0.3 is 10.2 Å². The largest absolute Gasteiger partial charge is 0.337 e. The van der Waals surface area contributed by atoms with E-state index in [1.54, 1.807) is 0 Å². The second-order valence-corrected chi connectivity index (χ2v) is 7.82. The molecule has 0 aromatic carbocycles. The minimum atomic E-state index is -2.94. The van der Waals surface area contributed by atoms with Crippen molar-refractivity contribution in [2.75, 3.05) is 24.6 Å². The molecule has 0 spiro atoms. The quantitative estimate of drug-likeness (QED) is 0.802. The summed E-state index contributed by atoms with van der Waals surface area (Å²) in [6.07, 6.45) is 4.46. The van der Waals surface area contributed by atoms with Crippen LogP contribution in [0.3, 0.4) is 0 Å². The number of carbonyl (C=O) groups excluding carboxylic acids is 1. The van der Waals surface area contributed by atoms with E-state index in [0.717, 1.165) is 32.2 Å². The molecule has 2 saturated heterocycles. The van der Waals surface area contributed by atoms with Crippen LogP contribution >= 0.6 is 0 Å². The van der Waals surface area contributed by atoms with E-state index in [1.807, 2.05) is 4.90 Å². The van der Waals surface area contributed by atoms with Gasteiger partial charge in [-0.3, -0.25) is 4.79 Å². The Morgan fingerprint density at radius 2 is 2.16 bits per heavy atom. The smallest absolute Gasteiger partial charge is 0.239 e. The molecule has 5 nitrogen and oxygen atoms in total. The number of amides is 1. The second kappa shape index (κ2) is 6.22. The van der Waals surface area contributed by atoms with Crippen LogP contribution in [0, 0.1) is 0 Å². The predicted octanol–water partition coefficient (Wildman–Crippen LogP) is 0.554. The highest BCUT2D eigenvalue weighted by Crippen LogP contribution is 2.21. The van der Waals surface area contributed by atoms with Crippen molar-refractivity contribution >= 4 is 15.7 Å². The minimum Gasteiger partial charge on any atom is -0.337 e. The lowest BCUT2D eigenvalue weighted by Gasteiger charge is -2.30. The van der Waals surface area contributed by atoms with E-state index < -0.39 is 9.84 Å². The van der Waals surface area contributed by atoms with E-state index in [2.05, 4.69) is 12.2 Å². The Bertz CT molecular complexity index is 416. The topological polar surface area (TPSA) is 66.5 Å². The average molecular weight is 288 g/mol. The van der Waals surface area contributed by atoms with Gasteiger partial charge in [-0.15, -0.1) is 0 Å². The van der Waals surface area contributed by atoms with Crippen LogP contribution in [0.25, 0.3) is 0 Å². The van der Waals surface area contributed by atoms with Crippen molar-refractivity contribution in [3.8, 4) is 0 Å². The van der Waals surface area contributed by atoms with Gasteiger partial charge in [0.1, 0.15) is 0 Å². The molecule has 110 valence electrons. The van der Waals surface area contributed by atoms with Crippen molar-refractivity contribution in [1.29, 1.82) is 0 Å². The van der Waals surface area contributed by atoms with Crippen LogP contribution < -0.4 is 5.32 Å². The third-order valence-corrected chi connectivity index (χ3v) is 5.79. The van der Waals surface area contributed by atoms with Gasteiger partial charge >= 0.3 is 0 Å². The summed E-state index contributed by atoms with van der Waals surface area (Å²) in [5.41, 5.74) is 0. The van der Waals surface area contributed by atoms with Crippen LogP contribution in [0.4, 0.5) is 0 Å². The predicted molar refractivity (Wildman–Crippen MR) is 74.7 cm³/mol. The molecule has 1 N–H and O–H groups in total. The molecule has 0 aliphatic carbocycles. The summed E-state index contributed by atoms with van der Waals surface area (Å²) in [4.78, 5) is 14.3. The van der Waals surface area contributed by atoms with Crippen molar-refractivity contribution < 1.29 is 13.2 Å². The number of carbonyl (C=O) groups is 1. The van der Waals surface area contributed by atoms with Crippen LogP contribution in [-0.2, 0) is 14.6 Å². The van der Waals surface area contributed by atoms with E-state index >= 15 is 0 Å². The molecular weight excluding hydrogens is 264 g/mol.